The molecule has 0 aliphatic rings. The first-order chi connectivity index (χ1) is 15.6. The molecule has 32 heavy (non-hydrogen) atoms. The maximum atomic E-state index is 14.6. The molecule has 0 unspecified atom stereocenters. The Labute approximate surface area is 183 Å². The Balaban J connectivity index is 1.64. The highest BCUT2D eigenvalue weighted by Gasteiger charge is 2.24. The van der Waals surface area contributed by atoms with Crippen molar-refractivity contribution in [2.24, 2.45) is 0 Å². The van der Waals surface area contributed by atoms with Crippen molar-refractivity contribution >= 4 is 5.69 Å². The molecule has 9 heteroatoms. The molecule has 0 atom stereocenters. The van der Waals surface area contributed by atoms with Gasteiger partial charge in [-0.15, -0.1) is 5.10 Å². The first-order valence-corrected chi connectivity index (χ1v) is 9.84. The van der Waals surface area contributed by atoms with Crippen molar-refractivity contribution < 1.29 is 8.91 Å². The molecule has 3 aromatic heterocycles. The summed E-state index contributed by atoms with van der Waals surface area (Å²) in [7, 11) is 3.92. The number of pyridine rings is 1. The lowest BCUT2D eigenvalue weighted by Crippen LogP contribution is -2.08. The van der Waals surface area contributed by atoms with Crippen molar-refractivity contribution in [3.63, 3.8) is 0 Å². The minimum atomic E-state index is -0.425. The van der Waals surface area contributed by atoms with Crippen LogP contribution in [-0.4, -0.2) is 44.2 Å². The number of hydrogen-bond acceptors (Lipinski definition) is 7. The summed E-state index contributed by atoms with van der Waals surface area (Å²) in [6.45, 7) is 0. The van der Waals surface area contributed by atoms with E-state index in [0.717, 1.165) is 16.8 Å². The van der Waals surface area contributed by atoms with Crippen LogP contribution in [0.25, 0.3) is 39.9 Å². The third-order valence-electron chi connectivity index (χ3n) is 4.95. The number of para-hydroxylation sites is 1. The number of halogens is 1. The van der Waals surface area contributed by atoms with E-state index in [1.807, 2.05) is 43.3 Å². The molecule has 0 aliphatic heterocycles. The van der Waals surface area contributed by atoms with Crippen LogP contribution in [0.2, 0.25) is 0 Å². The zero-order chi connectivity index (χ0) is 22.1. The van der Waals surface area contributed by atoms with Gasteiger partial charge in [0.15, 0.2) is 5.69 Å². The summed E-state index contributed by atoms with van der Waals surface area (Å²) < 4.78 is 21.5. The van der Waals surface area contributed by atoms with Crippen molar-refractivity contribution in [1.82, 2.24) is 30.1 Å². The van der Waals surface area contributed by atoms with Crippen LogP contribution in [0.5, 0.6) is 0 Å². The molecular formula is C23H18FN7O. The van der Waals surface area contributed by atoms with E-state index >= 15 is 0 Å². The SMILES string of the molecule is CN(C)c1cccc(-c2noc(-c3nnn(-c4ccccc4F)c3-c3ccncc3)n2)c1. The van der Waals surface area contributed by atoms with Crippen LogP contribution < -0.4 is 4.90 Å². The molecule has 2 aromatic carbocycles. The van der Waals surface area contributed by atoms with Gasteiger partial charge in [-0.1, -0.05) is 34.6 Å². The van der Waals surface area contributed by atoms with E-state index in [2.05, 4.69) is 25.4 Å². The second-order valence-corrected chi connectivity index (χ2v) is 7.25. The minimum Gasteiger partial charge on any atom is -0.378 e. The van der Waals surface area contributed by atoms with Crippen LogP contribution in [0.1, 0.15) is 0 Å². The van der Waals surface area contributed by atoms with Crippen molar-refractivity contribution in [3.05, 3.63) is 78.9 Å². The molecule has 0 N–H and O–H groups in total. The highest BCUT2D eigenvalue weighted by Crippen LogP contribution is 2.33. The van der Waals surface area contributed by atoms with Crippen LogP contribution in [0.4, 0.5) is 10.1 Å². The van der Waals surface area contributed by atoms with Gasteiger partial charge in [0.1, 0.15) is 17.2 Å². The van der Waals surface area contributed by atoms with E-state index in [0.29, 0.717) is 17.2 Å². The van der Waals surface area contributed by atoms with E-state index in [-0.39, 0.29) is 11.6 Å². The molecule has 158 valence electrons. The molecule has 0 amide bonds. The third kappa shape index (κ3) is 3.49. The molecule has 0 radical (unpaired) electrons. The van der Waals surface area contributed by atoms with Gasteiger partial charge >= 0.3 is 0 Å². The molecule has 0 saturated heterocycles. The molecule has 0 fully saturated rings. The first kappa shape index (κ1) is 19.6. The number of benzene rings is 2. The second kappa shape index (κ2) is 8.03. The van der Waals surface area contributed by atoms with Gasteiger partial charge < -0.3 is 9.42 Å². The molecule has 0 saturated carbocycles. The lowest BCUT2D eigenvalue weighted by Gasteiger charge is -2.12. The Morgan fingerprint density at radius 3 is 2.53 bits per heavy atom. The normalized spacial score (nSPS) is 11.0. The molecule has 8 nitrogen and oxygen atoms in total. The standard InChI is InChI=1S/C23H18FN7O/c1-30(2)17-7-5-6-16(14-17)22-26-23(32-28-22)20-21(15-10-12-25-13-11-15)31(29-27-20)19-9-4-3-8-18(19)24/h3-14H,1-2H3. The van der Waals surface area contributed by atoms with Crippen molar-refractivity contribution in [3.8, 4) is 39.9 Å². The van der Waals surface area contributed by atoms with Gasteiger partial charge in [0.05, 0.1) is 0 Å². The van der Waals surface area contributed by atoms with Gasteiger partial charge in [0.2, 0.25) is 5.82 Å². The zero-order valence-electron chi connectivity index (χ0n) is 17.3. The quantitative estimate of drug-likeness (QED) is 0.414. The molecule has 3 heterocycles. The zero-order valence-corrected chi connectivity index (χ0v) is 17.3. The van der Waals surface area contributed by atoms with Crippen LogP contribution >= 0.6 is 0 Å². The Hall–Kier alpha value is -4.40. The van der Waals surface area contributed by atoms with E-state index in [9.17, 15) is 4.39 Å². The highest BCUT2D eigenvalue weighted by molar-refractivity contribution is 5.76. The van der Waals surface area contributed by atoms with E-state index in [4.69, 9.17) is 4.52 Å². The summed E-state index contributed by atoms with van der Waals surface area (Å²) >= 11 is 0. The van der Waals surface area contributed by atoms with Gasteiger partial charge in [0, 0.05) is 43.3 Å². The number of nitrogens with zero attached hydrogens (tertiary/aromatic N) is 7. The molecular weight excluding hydrogens is 409 g/mol. The van der Waals surface area contributed by atoms with E-state index in [1.165, 1.54) is 10.7 Å². The van der Waals surface area contributed by atoms with Crippen molar-refractivity contribution in [2.45, 2.75) is 0 Å². The highest BCUT2D eigenvalue weighted by atomic mass is 19.1. The Morgan fingerprint density at radius 2 is 1.75 bits per heavy atom. The van der Waals surface area contributed by atoms with E-state index < -0.39 is 5.82 Å². The van der Waals surface area contributed by atoms with Gasteiger partial charge in [-0.05, 0) is 36.4 Å². The summed E-state index contributed by atoms with van der Waals surface area (Å²) in [5.41, 5.74) is 3.68. The first-order valence-electron chi connectivity index (χ1n) is 9.84. The summed E-state index contributed by atoms with van der Waals surface area (Å²) in [4.78, 5) is 10.6. The predicted molar refractivity (Wildman–Crippen MR) is 118 cm³/mol. The lowest BCUT2D eigenvalue weighted by atomic mass is 10.1. The van der Waals surface area contributed by atoms with Gasteiger partial charge in [-0.2, -0.15) is 4.98 Å². The molecule has 5 rings (SSSR count). The Morgan fingerprint density at radius 1 is 0.938 bits per heavy atom. The fraction of sp³-hybridized carbons (Fsp3) is 0.0870. The minimum absolute atomic E-state index is 0.185. The van der Waals surface area contributed by atoms with Crippen LogP contribution in [0, 0.1) is 5.82 Å². The van der Waals surface area contributed by atoms with E-state index in [1.54, 1.807) is 42.7 Å². The van der Waals surface area contributed by atoms with Gasteiger partial charge in [-0.3, -0.25) is 4.98 Å². The summed E-state index contributed by atoms with van der Waals surface area (Å²) in [5, 5.41) is 12.6. The van der Waals surface area contributed by atoms with Crippen molar-refractivity contribution in [2.75, 3.05) is 19.0 Å². The van der Waals surface area contributed by atoms with Gasteiger partial charge in [0.25, 0.3) is 5.89 Å². The molecule has 5 aromatic rings. The monoisotopic (exact) mass is 427 g/mol. The Kier molecular flexibility index (Phi) is 4.91. The van der Waals surface area contributed by atoms with Crippen LogP contribution in [0.15, 0.2) is 77.6 Å². The van der Waals surface area contributed by atoms with Crippen LogP contribution in [-0.2, 0) is 0 Å². The summed E-state index contributed by atoms with van der Waals surface area (Å²) in [6, 6.07) is 17.7. The molecule has 0 spiro atoms. The third-order valence-corrected chi connectivity index (χ3v) is 4.95. The fourth-order valence-corrected chi connectivity index (χ4v) is 3.35. The summed E-state index contributed by atoms with van der Waals surface area (Å²) in [5.74, 6) is 0.181. The maximum absolute atomic E-state index is 14.6. The predicted octanol–water partition coefficient (Wildman–Crippen LogP) is 4.25. The van der Waals surface area contributed by atoms with Gasteiger partial charge in [-0.25, -0.2) is 9.07 Å². The number of hydrogen-bond donors (Lipinski definition) is 0. The Bertz CT molecular complexity index is 1380. The average Bonchev–Trinajstić information content (AvgIpc) is 3.47. The topological polar surface area (TPSA) is 85.8 Å². The molecule has 0 aliphatic carbocycles. The number of aromatic nitrogens is 6. The summed E-state index contributed by atoms with van der Waals surface area (Å²) in [6.07, 6.45) is 3.29. The van der Waals surface area contributed by atoms with Crippen LogP contribution in [0.3, 0.4) is 0 Å². The average molecular weight is 427 g/mol. The fourth-order valence-electron chi connectivity index (χ4n) is 3.35. The smallest absolute Gasteiger partial charge is 0.281 e. The largest absolute Gasteiger partial charge is 0.378 e. The second-order valence-electron chi connectivity index (χ2n) is 7.25. The number of rotatable bonds is 5. The molecule has 0 bridgehead atoms. The number of anilines is 1. The maximum Gasteiger partial charge on any atom is 0.281 e. The lowest BCUT2D eigenvalue weighted by molar-refractivity contribution is 0.431. The van der Waals surface area contributed by atoms with Crippen molar-refractivity contribution in [1.29, 1.82) is 0 Å².